The van der Waals surface area contributed by atoms with Crippen molar-refractivity contribution in [2.75, 3.05) is 6.54 Å². The van der Waals surface area contributed by atoms with Gasteiger partial charge in [-0.3, -0.25) is 4.79 Å². The molecular weight excluding hydrogens is 270 g/mol. The molecule has 0 radical (unpaired) electrons. The summed E-state index contributed by atoms with van der Waals surface area (Å²) in [5, 5.41) is 12.4. The van der Waals surface area contributed by atoms with Crippen LogP contribution in [0.1, 0.15) is 49.8 Å². The van der Waals surface area contributed by atoms with Gasteiger partial charge in [-0.2, -0.15) is 0 Å². The fourth-order valence-electron chi connectivity index (χ4n) is 2.34. The van der Waals surface area contributed by atoms with E-state index in [0.717, 1.165) is 12.8 Å². The van der Waals surface area contributed by atoms with Gasteiger partial charge in [-0.25, -0.2) is 0 Å². The Bertz CT molecular complexity index is 424. The van der Waals surface area contributed by atoms with E-state index in [-0.39, 0.29) is 17.4 Å². The van der Waals surface area contributed by atoms with Crippen LogP contribution in [0.4, 0.5) is 0 Å². The second-order valence-electron chi connectivity index (χ2n) is 6.36. The standard InChI is InChI=1S/C16H27NO2S/c1-12(18)10-16(3,4)11-17-15(19)7-5-6-14-9-8-13(2)20-14/h8-9,12,18H,5-7,10-11H2,1-4H3,(H,17,19). The number of nitrogens with one attached hydrogen (secondary N) is 1. The number of aryl methyl sites for hydroxylation is 2. The van der Waals surface area contributed by atoms with E-state index >= 15 is 0 Å². The predicted molar refractivity (Wildman–Crippen MR) is 85.1 cm³/mol. The first kappa shape index (κ1) is 17.2. The second kappa shape index (κ2) is 7.79. The number of hydrogen-bond donors (Lipinski definition) is 2. The molecule has 0 aliphatic rings. The van der Waals surface area contributed by atoms with Gasteiger partial charge in [0.25, 0.3) is 0 Å². The quantitative estimate of drug-likeness (QED) is 0.773. The number of rotatable bonds is 8. The lowest BCUT2D eigenvalue weighted by Gasteiger charge is -2.26. The fraction of sp³-hybridized carbons (Fsp3) is 0.688. The molecule has 1 aromatic heterocycles. The van der Waals surface area contributed by atoms with Crippen molar-refractivity contribution in [1.82, 2.24) is 5.32 Å². The van der Waals surface area contributed by atoms with Gasteiger partial charge in [-0.15, -0.1) is 11.3 Å². The predicted octanol–water partition coefficient (Wildman–Crippen LogP) is 3.29. The van der Waals surface area contributed by atoms with Crippen molar-refractivity contribution in [3.05, 3.63) is 21.9 Å². The highest BCUT2D eigenvalue weighted by Gasteiger charge is 2.20. The highest BCUT2D eigenvalue weighted by atomic mass is 32.1. The Morgan fingerprint density at radius 1 is 1.45 bits per heavy atom. The summed E-state index contributed by atoms with van der Waals surface area (Å²) in [4.78, 5) is 14.5. The van der Waals surface area contributed by atoms with Gasteiger partial charge in [-0.05, 0) is 50.7 Å². The van der Waals surface area contributed by atoms with Crippen molar-refractivity contribution >= 4 is 17.2 Å². The Morgan fingerprint density at radius 3 is 2.70 bits per heavy atom. The molecule has 114 valence electrons. The highest BCUT2D eigenvalue weighted by molar-refractivity contribution is 7.11. The molecule has 1 amide bonds. The summed E-state index contributed by atoms with van der Waals surface area (Å²) < 4.78 is 0. The molecule has 0 saturated heterocycles. The van der Waals surface area contributed by atoms with E-state index in [1.165, 1.54) is 9.75 Å². The number of aliphatic hydroxyl groups excluding tert-OH is 1. The minimum Gasteiger partial charge on any atom is -0.393 e. The summed E-state index contributed by atoms with van der Waals surface area (Å²) in [6.45, 7) is 8.63. The first-order chi connectivity index (χ1) is 9.28. The lowest BCUT2D eigenvalue weighted by atomic mass is 9.87. The van der Waals surface area contributed by atoms with Crippen molar-refractivity contribution in [2.24, 2.45) is 5.41 Å². The van der Waals surface area contributed by atoms with Gasteiger partial charge >= 0.3 is 0 Å². The van der Waals surface area contributed by atoms with Crippen LogP contribution in [0.3, 0.4) is 0 Å². The zero-order valence-corrected chi connectivity index (χ0v) is 13.8. The highest BCUT2D eigenvalue weighted by Crippen LogP contribution is 2.21. The normalized spacial score (nSPS) is 13.2. The van der Waals surface area contributed by atoms with E-state index in [2.05, 4.69) is 38.2 Å². The summed E-state index contributed by atoms with van der Waals surface area (Å²) in [5.41, 5.74) is -0.0608. The number of amides is 1. The van der Waals surface area contributed by atoms with Crippen LogP contribution >= 0.6 is 11.3 Å². The lowest BCUT2D eigenvalue weighted by Crippen LogP contribution is -2.35. The Labute approximate surface area is 126 Å². The SMILES string of the molecule is Cc1ccc(CCCC(=O)NCC(C)(C)CC(C)O)s1. The molecule has 1 rings (SSSR count). The first-order valence-electron chi connectivity index (χ1n) is 7.28. The second-order valence-corrected chi connectivity index (χ2v) is 7.73. The number of aliphatic hydroxyl groups is 1. The van der Waals surface area contributed by atoms with Crippen molar-refractivity contribution in [1.29, 1.82) is 0 Å². The van der Waals surface area contributed by atoms with Crippen LogP contribution in [-0.2, 0) is 11.2 Å². The smallest absolute Gasteiger partial charge is 0.220 e. The van der Waals surface area contributed by atoms with E-state index in [1.54, 1.807) is 18.3 Å². The van der Waals surface area contributed by atoms with Crippen LogP contribution in [0.5, 0.6) is 0 Å². The molecule has 0 aliphatic heterocycles. The summed E-state index contributed by atoms with van der Waals surface area (Å²) in [5.74, 6) is 0.108. The molecule has 0 bridgehead atoms. The first-order valence-corrected chi connectivity index (χ1v) is 8.10. The molecule has 0 spiro atoms. The molecule has 20 heavy (non-hydrogen) atoms. The van der Waals surface area contributed by atoms with Crippen LogP contribution in [0.25, 0.3) is 0 Å². The summed E-state index contributed by atoms with van der Waals surface area (Å²) in [6, 6.07) is 4.27. The average Bonchev–Trinajstić information content (AvgIpc) is 2.71. The minimum absolute atomic E-state index is 0.0608. The molecule has 0 aromatic carbocycles. The van der Waals surface area contributed by atoms with Crippen LogP contribution in [0.15, 0.2) is 12.1 Å². The van der Waals surface area contributed by atoms with Gasteiger partial charge in [0.05, 0.1) is 6.10 Å². The topological polar surface area (TPSA) is 49.3 Å². The van der Waals surface area contributed by atoms with E-state index < -0.39 is 0 Å². The van der Waals surface area contributed by atoms with E-state index in [9.17, 15) is 9.90 Å². The maximum atomic E-state index is 11.8. The van der Waals surface area contributed by atoms with Crippen molar-refractivity contribution < 1.29 is 9.90 Å². The Balaban J connectivity index is 2.20. The summed E-state index contributed by atoms with van der Waals surface area (Å²) in [7, 11) is 0. The van der Waals surface area contributed by atoms with E-state index in [1.807, 2.05) is 0 Å². The van der Waals surface area contributed by atoms with Gasteiger partial charge < -0.3 is 10.4 Å². The third-order valence-electron chi connectivity index (χ3n) is 3.24. The maximum Gasteiger partial charge on any atom is 0.220 e. The third kappa shape index (κ3) is 7.06. The van der Waals surface area contributed by atoms with Gasteiger partial charge in [0.1, 0.15) is 0 Å². The lowest BCUT2D eigenvalue weighted by molar-refractivity contribution is -0.121. The molecule has 1 unspecified atom stereocenters. The Morgan fingerprint density at radius 2 is 2.15 bits per heavy atom. The molecule has 1 heterocycles. The molecule has 0 fully saturated rings. The van der Waals surface area contributed by atoms with Gasteiger partial charge in [0.15, 0.2) is 0 Å². The van der Waals surface area contributed by atoms with Gasteiger partial charge in [0.2, 0.25) is 5.91 Å². The number of hydrogen-bond acceptors (Lipinski definition) is 3. The molecule has 0 aliphatic carbocycles. The van der Waals surface area contributed by atoms with Crippen LogP contribution in [0, 0.1) is 12.3 Å². The van der Waals surface area contributed by atoms with E-state index in [0.29, 0.717) is 19.4 Å². The fourth-order valence-corrected chi connectivity index (χ4v) is 3.27. The van der Waals surface area contributed by atoms with Crippen molar-refractivity contribution in [2.45, 2.75) is 59.5 Å². The molecule has 1 aromatic rings. The molecular formula is C16H27NO2S. The van der Waals surface area contributed by atoms with Crippen molar-refractivity contribution in [3.63, 3.8) is 0 Å². The van der Waals surface area contributed by atoms with Crippen LogP contribution < -0.4 is 5.32 Å². The maximum absolute atomic E-state index is 11.8. The zero-order chi connectivity index (χ0) is 15.2. The van der Waals surface area contributed by atoms with Crippen molar-refractivity contribution in [3.8, 4) is 0 Å². The Kier molecular flexibility index (Phi) is 6.69. The van der Waals surface area contributed by atoms with Crippen LogP contribution in [0.2, 0.25) is 0 Å². The summed E-state index contributed by atoms with van der Waals surface area (Å²) >= 11 is 1.80. The largest absolute Gasteiger partial charge is 0.393 e. The van der Waals surface area contributed by atoms with E-state index in [4.69, 9.17) is 0 Å². The van der Waals surface area contributed by atoms with Gasteiger partial charge in [0, 0.05) is 22.7 Å². The molecule has 3 nitrogen and oxygen atoms in total. The zero-order valence-electron chi connectivity index (χ0n) is 13.0. The molecule has 0 saturated carbocycles. The number of carbonyl (C=O) groups is 1. The number of carbonyl (C=O) groups excluding carboxylic acids is 1. The Hall–Kier alpha value is -0.870. The average molecular weight is 297 g/mol. The molecule has 2 N–H and O–H groups in total. The summed E-state index contributed by atoms with van der Waals surface area (Å²) in [6.07, 6.45) is 2.80. The molecule has 1 atom stereocenters. The molecule has 4 heteroatoms. The third-order valence-corrected chi connectivity index (χ3v) is 4.30. The monoisotopic (exact) mass is 297 g/mol. The van der Waals surface area contributed by atoms with Crippen LogP contribution in [-0.4, -0.2) is 23.7 Å². The minimum atomic E-state index is -0.330. The van der Waals surface area contributed by atoms with Gasteiger partial charge in [-0.1, -0.05) is 13.8 Å². The number of thiophene rings is 1.